The SMILES string of the molecule is C=C(F)C1=C(C(=C)F)COCC1.CNC. The molecule has 1 heterocycles. The summed E-state index contributed by atoms with van der Waals surface area (Å²) < 4.78 is 30.3. The third-order valence-electron chi connectivity index (χ3n) is 1.76. The Morgan fingerprint density at radius 2 is 1.67 bits per heavy atom. The van der Waals surface area contributed by atoms with E-state index in [4.69, 9.17) is 4.74 Å². The number of halogens is 2. The lowest BCUT2D eigenvalue weighted by molar-refractivity contribution is 0.145. The van der Waals surface area contributed by atoms with E-state index in [9.17, 15) is 8.78 Å². The maximum atomic E-state index is 12.7. The molecule has 0 atom stereocenters. The van der Waals surface area contributed by atoms with Crippen molar-refractivity contribution >= 4 is 0 Å². The molecule has 0 fully saturated rings. The molecule has 0 aliphatic carbocycles. The Morgan fingerprint density at radius 1 is 1.20 bits per heavy atom. The predicted molar refractivity (Wildman–Crippen MR) is 57.9 cm³/mol. The first-order valence-electron chi connectivity index (χ1n) is 4.62. The molecular formula is C11H17F2NO. The Hall–Kier alpha value is -1.00. The molecule has 1 N–H and O–H groups in total. The van der Waals surface area contributed by atoms with Crippen molar-refractivity contribution in [2.75, 3.05) is 27.3 Å². The lowest BCUT2D eigenvalue weighted by atomic mass is 10.0. The van der Waals surface area contributed by atoms with Crippen LogP contribution in [0, 0.1) is 0 Å². The fraction of sp³-hybridized carbons (Fsp3) is 0.455. The number of hydrogen-bond donors (Lipinski definition) is 1. The van der Waals surface area contributed by atoms with E-state index >= 15 is 0 Å². The topological polar surface area (TPSA) is 21.3 Å². The second kappa shape index (κ2) is 7.31. The molecule has 86 valence electrons. The molecule has 0 aromatic carbocycles. The molecule has 0 amide bonds. The summed E-state index contributed by atoms with van der Waals surface area (Å²) in [5, 5.41) is 2.75. The summed E-state index contributed by atoms with van der Waals surface area (Å²) in [6.07, 6.45) is 0.369. The molecule has 0 bridgehead atoms. The van der Waals surface area contributed by atoms with Gasteiger partial charge in [-0.1, -0.05) is 13.2 Å². The Balaban J connectivity index is 0.000000583. The highest BCUT2D eigenvalue weighted by Gasteiger charge is 2.17. The smallest absolute Gasteiger partial charge is 0.121 e. The van der Waals surface area contributed by atoms with Crippen LogP contribution < -0.4 is 5.32 Å². The van der Waals surface area contributed by atoms with Crippen LogP contribution in [-0.4, -0.2) is 27.3 Å². The second-order valence-electron chi connectivity index (χ2n) is 3.07. The van der Waals surface area contributed by atoms with Crippen LogP contribution in [0.3, 0.4) is 0 Å². The molecule has 0 aromatic rings. The van der Waals surface area contributed by atoms with Crippen molar-refractivity contribution in [2.45, 2.75) is 6.42 Å². The van der Waals surface area contributed by atoms with Gasteiger partial charge < -0.3 is 10.1 Å². The van der Waals surface area contributed by atoms with E-state index < -0.39 is 11.7 Å². The molecule has 1 rings (SSSR count). The molecule has 15 heavy (non-hydrogen) atoms. The molecule has 0 saturated heterocycles. The molecule has 2 nitrogen and oxygen atoms in total. The Labute approximate surface area is 89.3 Å². The zero-order valence-corrected chi connectivity index (χ0v) is 9.20. The summed E-state index contributed by atoms with van der Waals surface area (Å²) in [5.41, 5.74) is 0.502. The minimum absolute atomic E-state index is 0.0909. The van der Waals surface area contributed by atoms with Crippen LogP contribution in [0.4, 0.5) is 8.78 Å². The fourth-order valence-corrected chi connectivity index (χ4v) is 1.13. The average molecular weight is 217 g/mol. The van der Waals surface area contributed by atoms with E-state index in [-0.39, 0.29) is 12.2 Å². The van der Waals surface area contributed by atoms with E-state index in [2.05, 4.69) is 18.5 Å². The third-order valence-corrected chi connectivity index (χ3v) is 1.76. The maximum absolute atomic E-state index is 12.7. The Kier molecular flexibility index (Phi) is 6.83. The first kappa shape index (κ1) is 14.0. The van der Waals surface area contributed by atoms with Gasteiger partial charge in [0.25, 0.3) is 0 Å². The number of allylic oxidation sites excluding steroid dienone is 1. The quantitative estimate of drug-likeness (QED) is 0.767. The monoisotopic (exact) mass is 217 g/mol. The highest BCUT2D eigenvalue weighted by Crippen LogP contribution is 2.27. The largest absolute Gasteiger partial charge is 0.376 e. The second-order valence-corrected chi connectivity index (χ2v) is 3.07. The molecule has 0 unspecified atom stereocenters. The maximum Gasteiger partial charge on any atom is 0.121 e. The Morgan fingerprint density at radius 3 is 2.00 bits per heavy atom. The van der Waals surface area contributed by atoms with Crippen molar-refractivity contribution in [2.24, 2.45) is 0 Å². The van der Waals surface area contributed by atoms with Crippen molar-refractivity contribution in [3.8, 4) is 0 Å². The van der Waals surface area contributed by atoms with Crippen molar-refractivity contribution in [3.05, 3.63) is 36.0 Å². The van der Waals surface area contributed by atoms with Gasteiger partial charge in [0.15, 0.2) is 0 Å². The number of hydrogen-bond acceptors (Lipinski definition) is 2. The summed E-state index contributed by atoms with van der Waals surface area (Å²) in [4.78, 5) is 0. The molecule has 0 saturated carbocycles. The fourth-order valence-electron chi connectivity index (χ4n) is 1.13. The van der Waals surface area contributed by atoms with Crippen LogP contribution in [0.15, 0.2) is 36.0 Å². The first-order valence-corrected chi connectivity index (χ1v) is 4.62. The summed E-state index contributed by atoms with van der Waals surface area (Å²) in [6, 6.07) is 0. The first-order chi connectivity index (χ1) is 7.04. The normalized spacial score (nSPS) is 15.5. The van der Waals surface area contributed by atoms with Crippen LogP contribution >= 0.6 is 0 Å². The predicted octanol–water partition coefficient (Wildman–Crippen LogP) is 2.51. The lowest BCUT2D eigenvalue weighted by Gasteiger charge is -2.17. The molecular weight excluding hydrogens is 200 g/mol. The van der Waals surface area contributed by atoms with Crippen molar-refractivity contribution < 1.29 is 13.5 Å². The van der Waals surface area contributed by atoms with Gasteiger partial charge in [0.2, 0.25) is 0 Å². The van der Waals surface area contributed by atoms with Crippen LogP contribution in [0.25, 0.3) is 0 Å². The van der Waals surface area contributed by atoms with Gasteiger partial charge >= 0.3 is 0 Å². The molecule has 4 heteroatoms. The highest BCUT2D eigenvalue weighted by atomic mass is 19.1. The third kappa shape index (κ3) is 4.85. The van der Waals surface area contributed by atoms with Crippen LogP contribution in [0.5, 0.6) is 0 Å². The van der Waals surface area contributed by atoms with E-state index in [1.807, 2.05) is 14.1 Å². The van der Waals surface area contributed by atoms with Gasteiger partial charge in [0, 0.05) is 5.57 Å². The minimum Gasteiger partial charge on any atom is -0.376 e. The highest BCUT2D eigenvalue weighted by molar-refractivity contribution is 5.39. The van der Waals surface area contributed by atoms with E-state index in [0.717, 1.165) is 0 Å². The zero-order valence-electron chi connectivity index (χ0n) is 9.20. The van der Waals surface area contributed by atoms with Crippen LogP contribution in [-0.2, 0) is 4.74 Å². The van der Waals surface area contributed by atoms with Gasteiger partial charge in [-0.25, -0.2) is 8.78 Å². The van der Waals surface area contributed by atoms with E-state index in [1.165, 1.54) is 0 Å². The summed E-state index contributed by atoms with van der Waals surface area (Å²) in [5.74, 6) is -1.23. The summed E-state index contributed by atoms with van der Waals surface area (Å²) >= 11 is 0. The number of ether oxygens (including phenoxy) is 1. The summed E-state index contributed by atoms with van der Waals surface area (Å²) in [7, 11) is 3.75. The molecule has 0 radical (unpaired) electrons. The molecule has 0 spiro atoms. The lowest BCUT2D eigenvalue weighted by Crippen LogP contribution is -2.11. The number of rotatable bonds is 2. The molecule has 1 aliphatic rings. The van der Waals surface area contributed by atoms with Crippen molar-refractivity contribution in [3.63, 3.8) is 0 Å². The molecule has 0 aromatic heterocycles. The van der Waals surface area contributed by atoms with Gasteiger partial charge in [-0.05, 0) is 26.1 Å². The van der Waals surface area contributed by atoms with Crippen molar-refractivity contribution in [1.29, 1.82) is 0 Å². The van der Waals surface area contributed by atoms with Gasteiger partial charge in [-0.3, -0.25) is 0 Å². The van der Waals surface area contributed by atoms with Gasteiger partial charge in [0.05, 0.1) is 13.2 Å². The summed E-state index contributed by atoms with van der Waals surface area (Å²) in [6.45, 7) is 6.73. The van der Waals surface area contributed by atoms with Crippen molar-refractivity contribution in [1.82, 2.24) is 5.32 Å². The minimum atomic E-state index is -0.636. The zero-order chi connectivity index (χ0) is 11.8. The van der Waals surface area contributed by atoms with Crippen LogP contribution in [0.1, 0.15) is 6.42 Å². The average Bonchev–Trinajstić information content (AvgIpc) is 2.19. The molecule has 1 aliphatic heterocycles. The standard InChI is InChI=1S/C9H10F2O.C2H7N/c1-6(10)8-3-4-12-5-9(8)7(2)11;1-3-2/h1-5H2;3H,1-2H3. The number of nitrogens with one attached hydrogen (secondary N) is 1. The van der Waals surface area contributed by atoms with Gasteiger partial charge in [-0.15, -0.1) is 0 Å². The van der Waals surface area contributed by atoms with Gasteiger partial charge in [-0.2, -0.15) is 0 Å². The Bertz CT molecular complexity index is 246. The van der Waals surface area contributed by atoms with E-state index in [0.29, 0.717) is 18.6 Å². The van der Waals surface area contributed by atoms with E-state index in [1.54, 1.807) is 0 Å². The van der Waals surface area contributed by atoms with Crippen LogP contribution in [0.2, 0.25) is 0 Å². The van der Waals surface area contributed by atoms with Gasteiger partial charge in [0.1, 0.15) is 11.7 Å².